The van der Waals surface area contributed by atoms with Gasteiger partial charge in [0.1, 0.15) is 6.10 Å². The molecule has 6 heteroatoms. The maximum absolute atomic E-state index is 11.7. The minimum atomic E-state index is -1.24. The molecular weight excluding hydrogens is 264 g/mol. The SMILES string of the molecule is CC1(c2ccccc2)OC2=C(O1)C(C(O)CO)OC2=O. The second kappa shape index (κ2) is 4.50. The molecule has 0 amide bonds. The van der Waals surface area contributed by atoms with Gasteiger partial charge >= 0.3 is 5.97 Å². The predicted molar refractivity (Wildman–Crippen MR) is 66.0 cm³/mol. The number of hydrogen-bond acceptors (Lipinski definition) is 6. The van der Waals surface area contributed by atoms with Crippen molar-refractivity contribution in [1.82, 2.24) is 0 Å². The number of cyclic esters (lactones) is 1. The zero-order valence-corrected chi connectivity index (χ0v) is 10.8. The van der Waals surface area contributed by atoms with Gasteiger partial charge in [-0.2, -0.15) is 0 Å². The van der Waals surface area contributed by atoms with E-state index in [2.05, 4.69) is 0 Å². The Morgan fingerprint density at radius 3 is 2.65 bits per heavy atom. The van der Waals surface area contributed by atoms with E-state index in [0.29, 0.717) is 0 Å². The topological polar surface area (TPSA) is 85.2 Å². The number of benzene rings is 1. The lowest BCUT2D eigenvalue weighted by atomic mass is 10.1. The van der Waals surface area contributed by atoms with Crippen molar-refractivity contribution in [2.24, 2.45) is 0 Å². The van der Waals surface area contributed by atoms with Crippen molar-refractivity contribution in [3.63, 3.8) is 0 Å². The van der Waals surface area contributed by atoms with E-state index in [1.54, 1.807) is 6.92 Å². The number of esters is 1. The van der Waals surface area contributed by atoms with Crippen molar-refractivity contribution < 1.29 is 29.2 Å². The Kier molecular flexibility index (Phi) is 2.92. The number of hydrogen-bond donors (Lipinski definition) is 2. The largest absolute Gasteiger partial charge is 0.445 e. The Balaban J connectivity index is 1.90. The van der Waals surface area contributed by atoms with E-state index in [-0.39, 0.29) is 11.5 Å². The predicted octanol–water partition coefficient (Wildman–Crippen LogP) is 0.396. The van der Waals surface area contributed by atoms with Crippen LogP contribution in [0, 0.1) is 0 Å². The normalized spacial score (nSPS) is 29.6. The van der Waals surface area contributed by atoms with Gasteiger partial charge in [-0.3, -0.25) is 0 Å². The van der Waals surface area contributed by atoms with Crippen molar-refractivity contribution in [2.45, 2.75) is 24.9 Å². The van der Waals surface area contributed by atoms with Crippen LogP contribution in [0.4, 0.5) is 0 Å². The summed E-state index contributed by atoms with van der Waals surface area (Å²) in [5.41, 5.74) is 0.736. The first-order valence-corrected chi connectivity index (χ1v) is 6.23. The molecule has 2 N–H and O–H groups in total. The van der Waals surface area contributed by atoms with E-state index in [1.807, 2.05) is 30.3 Å². The van der Waals surface area contributed by atoms with E-state index in [9.17, 15) is 9.90 Å². The van der Waals surface area contributed by atoms with E-state index in [4.69, 9.17) is 19.3 Å². The molecule has 2 heterocycles. The average molecular weight is 278 g/mol. The number of rotatable bonds is 3. The number of aliphatic hydroxyl groups excluding tert-OH is 2. The van der Waals surface area contributed by atoms with Crippen LogP contribution in [-0.4, -0.2) is 35.0 Å². The van der Waals surface area contributed by atoms with Crippen molar-refractivity contribution in [1.29, 1.82) is 0 Å². The van der Waals surface area contributed by atoms with Gasteiger partial charge in [0.15, 0.2) is 11.9 Å². The first-order valence-electron chi connectivity index (χ1n) is 6.23. The highest BCUT2D eigenvalue weighted by molar-refractivity contribution is 5.90. The van der Waals surface area contributed by atoms with Crippen LogP contribution < -0.4 is 0 Å². The van der Waals surface area contributed by atoms with Crippen molar-refractivity contribution in [3.8, 4) is 0 Å². The lowest BCUT2D eigenvalue weighted by Gasteiger charge is -2.28. The average Bonchev–Trinajstić information content (AvgIpc) is 2.96. The zero-order valence-electron chi connectivity index (χ0n) is 10.8. The van der Waals surface area contributed by atoms with E-state index < -0.39 is 30.6 Å². The molecule has 2 aliphatic rings. The van der Waals surface area contributed by atoms with Crippen molar-refractivity contribution in [2.75, 3.05) is 6.61 Å². The van der Waals surface area contributed by atoms with Gasteiger partial charge in [-0.15, -0.1) is 0 Å². The van der Waals surface area contributed by atoms with Gasteiger partial charge in [0.25, 0.3) is 11.5 Å². The zero-order chi connectivity index (χ0) is 14.3. The first kappa shape index (κ1) is 13.0. The molecule has 0 spiro atoms. The molecule has 6 nitrogen and oxygen atoms in total. The molecule has 0 radical (unpaired) electrons. The fourth-order valence-electron chi connectivity index (χ4n) is 2.28. The van der Waals surface area contributed by atoms with Crippen LogP contribution >= 0.6 is 0 Å². The fourth-order valence-corrected chi connectivity index (χ4v) is 2.28. The Morgan fingerprint density at radius 1 is 1.30 bits per heavy atom. The minimum Gasteiger partial charge on any atom is -0.445 e. The summed E-state index contributed by atoms with van der Waals surface area (Å²) < 4.78 is 16.2. The van der Waals surface area contributed by atoms with E-state index in [0.717, 1.165) is 5.56 Å². The third-order valence-corrected chi connectivity index (χ3v) is 3.34. The summed E-state index contributed by atoms with van der Waals surface area (Å²) in [7, 11) is 0. The molecule has 3 unspecified atom stereocenters. The molecule has 20 heavy (non-hydrogen) atoms. The first-order chi connectivity index (χ1) is 9.55. The highest BCUT2D eigenvalue weighted by Gasteiger charge is 2.52. The molecule has 0 saturated heterocycles. The molecule has 0 fully saturated rings. The highest BCUT2D eigenvalue weighted by Crippen LogP contribution is 2.44. The van der Waals surface area contributed by atoms with Crippen LogP contribution in [0.3, 0.4) is 0 Å². The summed E-state index contributed by atoms with van der Waals surface area (Å²) >= 11 is 0. The number of aliphatic hydroxyl groups is 2. The molecule has 0 aromatic heterocycles. The van der Waals surface area contributed by atoms with Crippen LogP contribution in [0.5, 0.6) is 0 Å². The van der Waals surface area contributed by atoms with Crippen LogP contribution in [-0.2, 0) is 24.8 Å². The summed E-state index contributed by atoms with van der Waals surface area (Å²) in [6, 6.07) is 9.13. The van der Waals surface area contributed by atoms with Crippen LogP contribution in [0.25, 0.3) is 0 Å². The van der Waals surface area contributed by atoms with Crippen molar-refractivity contribution in [3.05, 3.63) is 47.4 Å². The summed E-state index contributed by atoms with van der Waals surface area (Å²) in [5.74, 6) is -1.76. The summed E-state index contributed by atoms with van der Waals surface area (Å²) in [5, 5.41) is 18.7. The lowest BCUT2D eigenvalue weighted by Crippen LogP contribution is -2.35. The van der Waals surface area contributed by atoms with Crippen molar-refractivity contribution >= 4 is 5.97 Å². The smallest absolute Gasteiger partial charge is 0.378 e. The van der Waals surface area contributed by atoms with Gasteiger partial charge in [-0.25, -0.2) is 4.79 Å². The minimum absolute atomic E-state index is 0.0474. The summed E-state index contributed by atoms with van der Waals surface area (Å²) in [4.78, 5) is 11.7. The molecule has 106 valence electrons. The Bertz CT molecular complexity index is 566. The Morgan fingerprint density at radius 2 is 2.00 bits per heavy atom. The maximum atomic E-state index is 11.7. The third-order valence-electron chi connectivity index (χ3n) is 3.34. The Hall–Kier alpha value is -2.05. The highest BCUT2D eigenvalue weighted by atomic mass is 16.8. The molecule has 1 aromatic carbocycles. The fraction of sp³-hybridized carbons (Fsp3) is 0.357. The molecular formula is C14H14O6. The second-order valence-electron chi connectivity index (χ2n) is 4.79. The van der Waals surface area contributed by atoms with Gasteiger partial charge < -0.3 is 24.4 Å². The van der Waals surface area contributed by atoms with Gasteiger partial charge in [-0.05, 0) is 0 Å². The monoisotopic (exact) mass is 278 g/mol. The van der Waals surface area contributed by atoms with E-state index >= 15 is 0 Å². The molecule has 3 atom stereocenters. The summed E-state index contributed by atoms with van der Waals surface area (Å²) in [6.45, 7) is 1.14. The van der Waals surface area contributed by atoms with Crippen LogP contribution in [0.1, 0.15) is 12.5 Å². The van der Waals surface area contributed by atoms with Gasteiger partial charge in [0.2, 0.25) is 0 Å². The lowest BCUT2D eigenvalue weighted by molar-refractivity contribution is -0.188. The van der Waals surface area contributed by atoms with Gasteiger partial charge in [0, 0.05) is 12.5 Å². The number of carbonyl (C=O) groups excluding carboxylic acids is 1. The van der Waals surface area contributed by atoms with Gasteiger partial charge in [-0.1, -0.05) is 30.3 Å². The van der Waals surface area contributed by atoms with Gasteiger partial charge in [0.05, 0.1) is 6.61 Å². The molecule has 0 aliphatic carbocycles. The van der Waals surface area contributed by atoms with Crippen LogP contribution in [0.2, 0.25) is 0 Å². The summed E-state index contributed by atoms with van der Waals surface area (Å²) in [6.07, 6.45) is -2.28. The molecule has 3 rings (SSSR count). The molecule has 1 aromatic rings. The standard InChI is InChI=1S/C14H14O6/c1-14(8-5-3-2-4-6-8)19-11-10(9(16)7-15)18-13(17)12(11)20-14/h2-6,9-10,15-16H,7H2,1H3. The maximum Gasteiger partial charge on any atom is 0.378 e. The second-order valence-corrected chi connectivity index (χ2v) is 4.79. The third kappa shape index (κ3) is 1.85. The molecule has 2 aliphatic heterocycles. The molecule has 0 saturated carbocycles. The number of ether oxygens (including phenoxy) is 3. The number of carbonyl (C=O) groups is 1. The molecule has 0 bridgehead atoms. The van der Waals surface area contributed by atoms with E-state index in [1.165, 1.54) is 0 Å². The van der Waals surface area contributed by atoms with Crippen LogP contribution in [0.15, 0.2) is 41.9 Å². The quantitative estimate of drug-likeness (QED) is 0.778. The Labute approximate surface area is 115 Å².